The number of benzene rings is 2. The van der Waals surface area contributed by atoms with Crippen molar-refractivity contribution in [1.82, 2.24) is 0 Å². The Hall–Kier alpha value is -2.63. The van der Waals surface area contributed by atoms with Crippen LogP contribution in [0, 0.1) is 22.9 Å². The second-order valence-electron chi connectivity index (χ2n) is 5.28. The fourth-order valence-electron chi connectivity index (χ4n) is 2.15. The van der Waals surface area contributed by atoms with Gasteiger partial charge in [-0.2, -0.15) is 0 Å². The largest absolute Gasteiger partial charge is 0.378 e. The van der Waals surface area contributed by atoms with Crippen LogP contribution in [0.4, 0.5) is 21.5 Å². The van der Waals surface area contributed by atoms with Gasteiger partial charge in [-0.3, -0.25) is 10.1 Å². The van der Waals surface area contributed by atoms with Crippen LogP contribution in [-0.4, -0.2) is 19.0 Å². The summed E-state index contributed by atoms with van der Waals surface area (Å²) in [7, 11) is 3.93. The number of halogens is 1. The number of hydrogen-bond acceptors (Lipinski definition) is 4. The quantitative estimate of drug-likeness (QED) is 0.675. The Morgan fingerprint density at radius 3 is 2.55 bits per heavy atom. The van der Waals surface area contributed by atoms with Crippen LogP contribution in [0.25, 0.3) is 0 Å². The molecule has 0 unspecified atom stereocenters. The normalized spacial score (nSPS) is 10.4. The van der Waals surface area contributed by atoms with Crippen LogP contribution >= 0.6 is 0 Å². The summed E-state index contributed by atoms with van der Waals surface area (Å²) in [6.45, 7) is 2.43. The average Bonchev–Trinajstić information content (AvgIpc) is 2.46. The Bertz CT molecular complexity index is 702. The van der Waals surface area contributed by atoms with E-state index in [4.69, 9.17) is 0 Å². The van der Waals surface area contributed by atoms with Crippen LogP contribution < -0.4 is 10.2 Å². The predicted molar refractivity (Wildman–Crippen MR) is 85.9 cm³/mol. The highest BCUT2D eigenvalue weighted by atomic mass is 19.1. The van der Waals surface area contributed by atoms with E-state index in [0.29, 0.717) is 12.2 Å². The Kier molecular flexibility index (Phi) is 4.60. The predicted octanol–water partition coefficient (Wildman–Crippen LogP) is 3.72. The van der Waals surface area contributed by atoms with Crippen molar-refractivity contribution in [2.45, 2.75) is 13.5 Å². The standard InChI is InChI=1S/C16H18FN3O2/c1-11-8-14(19(2)3)6-4-12(11)10-18-15-7-5-13(17)9-16(15)20(21)22/h4-9,18H,10H2,1-3H3. The molecule has 2 aromatic rings. The molecule has 0 saturated heterocycles. The SMILES string of the molecule is Cc1cc(N(C)C)ccc1CNc1ccc(F)cc1[N+](=O)[O-]. The zero-order valence-electron chi connectivity index (χ0n) is 12.8. The van der Waals surface area contributed by atoms with Gasteiger partial charge in [-0.25, -0.2) is 4.39 Å². The van der Waals surface area contributed by atoms with Gasteiger partial charge in [0.1, 0.15) is 11.5 Å². The molecule has 0 amide bonds. The molecule has 0 aromatic heterocycles. The van der Waals surface area contributed by atoms with Crippen LogP contribution in [0.3, 0.4) is 0 Å². The van der Waals surface area contributed by atoms with Crippen molar-refractivity contribution < 1.29 is 9.31 Å². The molecule has 6 heteroatoms. The molecule has 22 heavy (non-hydrogen) atoms. The number of nitro groups is 1. The Balaban J connectivity index is 2.19. The van der Waals surface area contributed by atoms with Gasteiger partial charge in [0.05, 0.1) is 11.0 Å². The molecule has 2 rings (SSSR count). The molecule has 0 atom stereocenters. The molecule has 0 heterocycles. The van der Waals surface area contributed by atoms with Gasteiger partial charge >= 0.3 is 0 Å². The molecule has 5 nitrogen and oxygen atoms in total. The van der Waals surface area contributed by atoms with Gasteiger partial charge in [-0.1, -0.05) is 6.07 Å². The molecule has 0 bridgehead atoms. The summed E-state index contributed by atoms with van der Waals surface area (Å²) >= 11 is 0. The molecule has 0 fully saturated rings. The average molecular weight is 303 g/mol. The number of nitrogens with zero attached hydrogens (tertiary/aromatic N) is 2. The van der Waals surface area contributed by atoms with Crippen LogP contribution in [-0.2, 0) is 6.54 Å². The van der Waals surface area contributed by atoms with Gasteiger partial charge in [0.25, 0.3) is 5.69 Å². The van der Waals surface area contributed by atoms with Crippen molar-refractivity contribution in [3.05, 3.63) is 63.5 Å². The van der Waals surface area contributed by atoms with Gasteiger partial charge in [-0.05, 0) is 42.3 Å². The van der Waals surface area contributed by atoms with E-state index in [9.17, 15) is 14.5 Å². The molecular weight excluding hydrogens is 285 g/mol. The topological polar surface area (TPSA) is 58.4 Å². The van der Waals surface area contributed by atoms with E-state index in [1.807, 2.05) is 38.1 Å². The first kappa shape index (κ1) is 15.8. The van der Waals surface area contributed by atoms with Crippen molar-refractivity contribution in [1.29, 1.82) is 0 Å². The van der Waals surface area contributed by atoms with E-state index in [2.05, 4.69) is 11.4 Å². The number of aryl methyl sites for hydroxylation is 1. The van der Waals surface area contributed by atoms with Gasteiger partial charge in [0, 0.05) is 26.3 Å². The Morgan fingerprint density at radius 2 is 1.95 bits per heavy atom. The van der Waals surface area contributed by atoms with E-state index in [-0.39, 0.29) is 5.69 Å². The molecule has 1 N–H and O–H groups in total. The summed E-state index contributed by atoms with van der Waals surface area (Å²) in [5.74, 6) is -0.622. The van der Waals surface area contributed by atoms with E-state index in [0.717, 1.165) is 22.9 Å². The minimum absolute atomic E-state index is 0.262. The summed E-state index contributed by atoms with van der Waals surface area (Å²) in [5, 5.41) is 14.0. The maximum absolute atomic E-state index is 13.1. The zero-order chi connectivity index (χ0) is 16.3. The number of anilines is 2. The van der Waals surface area contributed by atoms with Crippen LogP contribution in [0.5, 0.6) is 0 Å². The Labute approximate surface area is 128 Å². The lowest BCUT2D eigenvalue weighted by Gasteiger charge is -2.15. The summed E-state index contributed by atoms with van der Waals surface area (Å²) in [4.78, 5) is 12.4. The lowest BCUT2D eigenvalue weighted by Crippen LogP contribution is -2.10. The van der Waals surface area contributed by atoms with Crippen LogP contribution in [0.2, 0.25) is 0 Å². The minimum atomic E-state index is -0.622. The number of nitrogens with one attached hydrogen (secondary N) is 1. The Morgan fingerprint density at radius 1 is 1.23 bits per heavy atom. The molecule has 0 aliphatic heterocycles. The number of rotatable bonds is 5. The molecule has 0 saturated carbocycles. The highest BCUT2D eigenvalue weighted by Crippen LogP contribution is 2.26. The summed E-state index contributed by atoms with van der Waals surface area (Å²) in [5.41, 5.74) is 3.26. The van der Waals surface area contributed by atoms with Gasteiger partial charge in [0.2, 0.25) is 0 Å². The fraction of sp³-hybridized carbons (Fsp3) is 0.250. The first-order valence-corrected chi connectivity index (χ1v) is 6.83. The van der Waals surface area contributed by atoms with Crippen molar-refractivity contribution >= 4 is 17.1 Å². The lowest BCUT2D eigenvalue weighted by atomic mass is 10.1. The monoisotopic (exact) mass is 303 g/mol. The van der Waals surface area contributed by atoms with Crippen LogP contribution in [0.15, 0.2) is 36.4 Å². The van der Waals surface area contributed by atoms with E-state index in [1.54, 1.807) is 0 Å². The van der Waals surface area contributed by atoms with Crippen molar-refractivity contribution in [2.24, 2.45) is 0 Å². The lowest BCUT2D eigenvalue weighted by molar-refractivity contribution is -0.384. The number of hydrogen-bond donors (Lipinski definition) is 1. The first-order chi connectivity index (χ1) is 10.4. The summed E-state index contributed by atoms with van der Waals surface area (Å²) < 4.78 is 13.1. The highest BCUT2D eigenvalue weighted by Gasteiger charge is 2.14. The zero-order valence-corrected chi connectivity index (χ0v) is 12.8. The maximum Gasteiger partial charge on any atom is 0.295 e. The second-order valence-corrected chi connectivity index (χ2v) is 5.28. The third-order valence-corrected chi connectivity index (χ3v) is 3.47. The molecule has 0 radical (unpaired) electrons. The van der Waals surface area contributed by atoms with Gasteiger partial charge in [0.15, 0.2) is 0 Å². The van der Waals surface area contributed by atoms with Gasteiger partial charge in [-0.15, -0.1) is 0 Å². The maximum atomic E-state index is 13.1. The molecule has 0 spiro atoms. The molecule has 2 aromatic carbocycles. The summed E-state index contributed by atoms with van der Waals surface area (Å²) in [6, 6.07) is 9.53. The smallest absolute Gasteiger partial charge is 0.295 e. The highest BCUT2D eigenvalue weighted by molar-refractivity contribution is 5.62. The molecule has 0 aliphatic carbocycles. The number of nitro benzene ring substituents is 1. The molecule has 0 aliphatic rings. The van der Waals surface area contributed by atoms with Crippen molar-refractivity contribution in [3.63, 3.8) is 0 Å². The third kappa shape index (κ3) is 3.52. The van der Waals surface area contributed by atoms with Gasteiger partial charge < -0.3 is 10.2 Å². The van der Waals surface area contributed by atoms with Crippen LogP contribution in [0.1, 0.15) is 11.1 Å². The van der Waals surface area contributed by atoms with Crippen molar-refractivity contribution in [3.8, 4) is 0 Å². The van der Waals surface area contributed by atoms with E-state index >= 15 is 0 Å². The second kappa shape index (κ2) is 6.43. The molecule has 116 valence electrons. The third-order valence-electron chi connectivity index (χ3n) is 3.47. The minimum Gasteiger partial charge on any atom is -0.378 e. The van der Waals surface area contributed by atoms with Crippen molar-refractivity contribution in [2.75, 3.05) is 24.3 Å². The van der Waals surface area contributed by atoms with E-state index < -0.39 is 10.7 Å². The fourth-order valence-corrected chi connectivity index (χ4v) is 2.15. The first-order valence-electron chi connectivity index (χ1n) is 6.83. The summed E-state index contributed by atoms with van der Waals surface area (Å²) in [6.07, 6.45) is 0. The molecular formula is C16H18FN3O2. The van der Waals surface area contributed by atoms with E-state index in [1.165, 1.54) is 12.1 Å².